The van der Waals surface area contributed by atoms with Crippen LogP contribution in [0.2, 0.25) is 5.02 Å². The summed E-state index contributed by atoms with van der Waals surface area (Å²) < 4.78 is 44.6. The summed E-state index contributed by atoms with van der Waals surface area (Å²) in [5.41, 5.74) is 0.113. The molecule has 16 heavy (non-hydrogen) atoms. The first-order chi connectivity index (χ1) is 7.09. The van der Waals surface area contributed by atoms with E-state index < -0.39 is 24.6 Å². The topological polar surface area (TPSA) is 68.3 Å². The van der Waals surface area contributed by atoms with E-state index >= 15 is 0 Å². The largest absolute Gasteiger partial charge is 0.261 e. The molecule has 0 amide bonds. The van der Waals surface area contributed by atoms with Gasteiger partial charge in [0.2, 0.25) is 0 Å². The molecule has 0 bridgehead atoms. The summed E-state index contributed by atoms with van der Waals surface area (Å²) >= 11 is 5.62. The van der Waals surface area contributed by atoms with Gasteiger partial charge in [0.15, 0.2) is 9.84 Å². The summed E-state index contributed by atoms with van der Waals surface area (Å²) in [6, 6.07) is 3.87. The van der Waals surface area contributed by atoms with Crippen molar-refractivity contribution >= 4 is 41.2 Å². The lowest BCUT2D eigenvalue weighted by Gasteiger charge is -2.05. The zero-order chi connectivity index (χ0) is 12.6. The molecule has 0 heterocycles. The maximum Gasteiger partial charge on any atom is 0.261 e. The minimum atomic E-state index is -4.01. The Morgan fingerprint density at radius 2 is 1.75 bits per heavy atom. The van der Waals surface area contributed by atoms with Gasteiger partial charge in [-0.15, -0.1) is 0 Å². The summed E-state index contributed by atoms with van der Waals surface area (Å²) in [5, 5.41) is 0.177. The van der Waals surface area contributed by atoms with Crippen molar-refractivity contribution in [2.24, 2.45) is 0 Å². The first-order valence-corrected chi connectivity index (χ1v) is 8.75. The third-order valence-electron chi connectivity index (χ3n) is 1.71. The number of halogens is 2. The number of hydrogen-bond acceptors (Lipinski definition) is 4. The fourth-order valence-electron chi connectivity index (χ4n) is 1.16. The lowest BCUT2D eigenvalue weighted by Crippen LogP contribution is -2.05. The van der Waals surface area contributed by atoms with Crippen LogP contribution >= 0.6 is 22.3 Å². The van der Waals surface area contributed by atoms with Crippen LogP contribution < -0.4 is 0 Å². The molecule has 0 aromatic heterocycles. The van der Waals surface area contributed by atoms with E-state index in [9.17, 15) is 16.8 Å². The summed E-state index contributed by atoms with van der Waals surface area (Å²) in [6.07, 6.45) is 1.01. The average Bonchev–Trinajstić information content (AvgIpc) is 2.04. The van der Waals surface area contributed by atoms with Gasteiger partial charge in [-0.25, -0.2) is 16.8 Å². The molecule has 0 atom stereocenters. The van der Waals surface area contributed by atoms with E-state index in [2.05, 4.69) is 0 Å². The third-order valence-corrected chi connectivity index (χ3v) is 4.18. The second-order valence-corrected chi connectivity index (χ2v) is 8.37. The highest BCUT2D eigenvalue weighted by atomic mass is 35.7. The highest BCUT2D eigenvalue weighted by Gasteiger charge is 2.18. The van der Waals surface area contributed by atoms with E-state index in [4.69, 9.17) is 22.3 Å². The molecule has 90 valence electrons. The van der Waals surface area contributed by atoms with Crippen molar-refractivity contribution in [3.05, 3.63) is 28.8 Å². The lowest BCUT2D eigenvalue weighted by atomic mass is 10.2. The molecule has 1 rings (SSSR count). The van der Waals surface area contributed by atoms with Crippen LogP contribution in [0.5, 0.6) is 0 Å². The Kier molecular flexibility index (Phi) is 3.89. The fraction of sp³-hybridized carbons (Fsp3) is 0.250. The van der Waals surface area contributed by atoms with Crippen LogP contribution in [0.3, 0.4) is 0 Å². The van der Waals surface area contributed by atoms with Crippen LogP contribution in [0.15, 0.2) is 23.1 Å². The van der Waals surface area contributed by atoms with E-state index in [1.807, 2.05) is 0 Å². The Morgan fingerprint density at radius 3 is 2.19 bits per heavy atom. The van der Waals surface area contributed by atoms with Crippen molar-refractivity contribution in [1.29, 1.82) is 0 Å². The molecular weight excluding hydrogens is 295 g/mol. The smallest absolute Gasteiger partial charge is 0.229 e. The molecule has 0 radical (unpaired) electrons. The maximum absolute atomic E-state index is 11.2. The maximum atomic E-state index is 11.2. The third kappa shape index (κ3) is 3.93. The molecule has 0 spiro atoms. The summed E-state index contributed by atoms with van der Waals surface area (Å²) in [7, 11) is -2.16. The molecule has 0 unspecified atom stereocenters. The Morgan fingerprint density at radius 1 is 1.19 bits per heavy atom. The van der Waals surface area contributed by atoms with Crippen molar-refractivity contribution < 1.29 is 16.8 Å². The van der Waals surface area contributed by atoms with Crippen LogP contribution in [-0.4, -0.2) is 23.1 Å². The highest BCUT2D eigenvalue weighted by Crippen LogP contribution is 2.25. The normalized spacial score (nSPS) is 12.7. The van der Waals surface area contributed by atoms with Gasteiger partial charge < -0.3 is 0 Å². The number of sulfone groups is 1. The monoisotopic (exact) mass is 302 g/mol. The predicted octanol–water partition coefficient (Wildman–Crippen LogP) is 1.81. The lowest BCUT2D eigenvalue weighted by molar-refractivity contribution is 0.600. The van der Waals surface area contributed by atoms with Gasteiger partial charge in [-0.2, -0.15) is 0 Å². The van der Waals surface area contributed by atoms with Crippen molar-refractivity contribution in [2.75, 3.05) is 6.26 Å². The van der Waals surface area contributed by atoms with Crippen molar-refractivity contribution in [2.45, 2.75) is 10.6 Å². The van der Waals surface area contributed by atoms with Crippen LogP contribution in [0.25, 0.3) is 0 Å². The van der Waals surface area contributed by atoms with Crippen molar-refractivity contribution in [3.8, 4) is 0 Å². The molecule has 0 aliphatic carbocycles. The summed E-state index contributed by atoms with van der Waals surface area (Å²) in [5.74, 6) is -0.397. The molecule has 0 saturated carbocycles. The van der Waals surface area contributed by atoms with Gasteiger partial charge in [-0.3, -0.25) is 0 Å². The van der Waals surface area contributed by atoms with Crippen molar-refractivity contribution in [1.82, 2.24) is 0 Å². The average molecular weight is 303 g/mol. The van der Waals surface area contributed by atoms with Gasteiger partial charge in [-0.05, 0) is 17.7 Å². The zero-order valence-corrected chi connectivity index (χ0v) is 11.3. The Balaban J connectivity index is 3.41. The van der Waals surface area contributed by atoms with Gasteiger partial charge in [0.05, 0.1) is 10.6 Å². The summed E-state index contributed by atoms with van der Waals surface area (Å²) in [4.78, 5) is -0.271. The molecule has 1 aromatic carbocycles. The van der Waals surface area contributed by atoms with E-state index in [1.54, 1.807) is 0 Å². The number of hydrogen-bond donors (Lipinski definition) is 0. The zero-order valence-electron chi connectivity index (χ0n) is 8.14. The molecule has 0 aliphatic heterocycles. The quantitative estimate of drug-likeness (QED) is 0.799. The Bertz CT molecular complexity index is 605. The van der Waals surface area contributed by atoms with Crippen molar-refractivity contribution in [3.63, 3.8) is 0 Å². The van der Waals surface area contributed by atoms with Crippen LogP contribution in [0, 0.1) is 0 Å². The summed E-state index contributed by atoms with van der Waals surface area (Å²) in [6.45, 7) is 0. The number of benzene rings is 1. The predicted molar refractivity (Wildman–Crippen MR) is 63.0 cm³/mol. The van der Waals surface area contributed by atoms with Gasteiger partial charge in [0.25, 0.3) is 9.05 Å². The minimum absolute atomic E-state index is 0.113. The molecule has 8 heteroatoms. The van der Waals surface area contributed by atoms with Crippen LogP contribution in [-0.2, 0) is 24.6 Å². The van der Waals surface area contributed by atoms with Crippen LogP contribution in [0.1, 0.15) is 5.56 Å². The molecule has 0 saturated heterocycles. The second kappa shape index (κ2) is 4.52. The highest BCUT2D eigenvalue weighted by molar-refractivity contribution is 8.13. The fourth-order valence-corrected chi connectivity index (χ4v) is 3.45. The SMILES string of the molecule is CS(=O)(=O)Cc1ccc(Cl)cc1S(=O)(=O)Cl. The first-order valence-electron chi connectivity index (χ1n) is 4.00. The van der Waals surface area contributed by atoms with Gasteiger partial charge in [0.1, 0.15) is 0 Å². The van der Waals surface area contributed by atoms with Crippen LogP contribution in [0.4, 0.5) is 0 Å². The molecular formula is C8H8Cl2O4S2. The second-order valence-electron chi connectivity index (χ2n) is 3.26. The Labute approximate surface area is 104 Å². The molecule has 0 N–H and O–H groups in total. The molecule has 0 aliphatic rings. The van der Waals surface area contributed by atoms with E-state index in [0.717, 1.165) is 12.3 Å². The van der Waals surface area contributed by atoms with E-state index in [1.165, 1.54) is 12.1 Å². The van der Waals surface area contributed by atoms with Gasteiger partial charge >= 0.3 is 0 Å². The van der Waals surface area contributed by atoms with Gasteiger partial charge in [-0.1, -0.05) is 17.7 Å². The standard InChI is InChI=1S/C8H8Cl2O4S2/c1-15(11,12)5-6-2-3-7(9)4-8(6)16(10,13)14/h2-4H,5H2,1H3. The number of rotatable bonds is 3. The van der Waals surface area contributed by atoms with Gasteiger partial charge in [0, 0.05) is 22.0 Å². The van der Waals surface area contributed by atoms with E-state index in [0.29, 0.717) is 0 Å². The van der Waals surface area contributed by atoms with E-state index in [-0.39, 0.29) is 15.5 Å². The minimum Gasteiger partial charge on any atom is -0.229 e. The first kappa shape index (κ1) is 13.8. The molecule has 4 nitrogen and oxygen atoms in total. The molecule has 0 fully saturated rings. The Hall–Kier alpha value is -0.300. The molecule has 1 aromatic rings.